The van der Waals surface area contributed by atoms with Gasteiger partial charge in [-0.2, -0.15) is 0 Å². The highest BCUT2D eigenvalue weighted by Crippen LogP contribution is 2.28. The maximum atomic E-state index is 12.2. The highest BCUT2D eigenvalue weighted by atomic mass is 16.3. The number of furan rings is 1. The molecule has 0 aliphatic carbocycles. The standard InChI is InChI=1S/C20H25N3O2/c1-15-12-17(23-10-6-18(13-23)22-8-2-3-9-22)4-5-19(15)21-20(24)16-7-11-25-14-16/h4-5,7,11-12,14,18H,2-3,6,8-10,13H2,1H3,(H,21,24). The molecule has 0 saturated carbocycles. The third kappa shape index (κ3) is 3.42. The smallest absolute Gasteiger partial charge is 0.258 e. The number of benzene rings is 1. The Hall–Kier alpha value is -2.27. The minimum Gasteiger partial charge on any atom is -0.472 e. The Morgan fingerprint density at radius 1 is 1.20 bits per heavy atom. The highest BCUT2D eigenvalue weighted by molar-refractivity contribution is 6.04. The monoisotopic (exact) mass is 339 g/mol. The Morgan fingerprint density at radius 2 is 2.04 bits per heavy atom. The lowest BCUT2D eigenvalue weighted by Gasteiger charge is -2.25. The van der Waals surface area contributed by atoms with Crippen LogP contribution >= 0.6 is 0 Å². The van der Waals surface area contributed by atoms with Crippen LogP contribution in [-0.4, -0.2) is 43.0 Å². The van der Waals surface area contributed by atoms with Crippen LogP contribution in [0, 0.1) is 6.92 Å². The quantitative estimate of drug-likeness (QED) is 0.926. The van der Waals surface area contributed by atoms with Crippen molar-refractivity contribution in [2.45, 2.75) is 32.2 Å². The van der Waals surface area contributed by atoms with Crippen molar-refractivity contribution >= 4 is 17.3 Å². The number of aryl methyl sites for hydroxylation is 1. The van der Waals surface area contributed by atoms with E-state index in [0.29, 0.717) is 11.6 Å². The summed E-state index contributed by atoms with van der Waals surface area (Å²) in [5.41, 5.74) is 3.72. The van der Waals surface area contributed by atoms with Crippen molar-refractivity contribution < 1.29 is 9.21 Å². The molecule has 0 spiro atoms. The van der Waals surface area contributed by atoms with Crippen molar-refractivity contribution in [3.8, 4) is 0 Å². The van der Waals surface area contributed by atoms with Gasteiger partial charge in [0.25, 0.3) is 5.91 Å². The van der Waals surface area contributed by atoms with Gasteiger partial charge in [-0.1, -0.05) is 0 Å². The van der Waals surface area contributed by atoms with E-state index < -0.39 is 0 Å². The van der Waals surface area contributed by atoms with E-state index in [2.05, 4.69) is 27.2 Å². The number of nitrogens with one attached hydrogen (secondary N) is 1. The zero-order valence-corrected chi connectivity index (χ0v) is 14.7. The average molecular weight is 339 g/mol. The lowest BCUT2D eigenvalue weighted by Crippen LogP contribution is -2.35. The molecule has 2 saturated heterocycles. The lowest BCUT2D eigenvalue weighted by atomic mass is 10.1. The molecule has 2 fully saturated rings. The van der Waals surface area contributed by atoms with Gasteiger partial charge in [0.2, 0.25) is 0 Å². The number of likely N-dealkylation sites (tertiary alicyclic amines) is 1. The van der Waals surface area contributed by atoms with Crippen molar-refractivity contribution in [1.82, 2.24) is 4.90 Å². The molecule has 1 aromatic carbocycles. The van der Waals surface area contributed by atoms with Crippen molar-refractivity contribution in [1.29, 1.82) is 0 Å². The molecule has 1 aromatic heterocycles. The number of anilines is 2. The summed E-state index contributed by atoms with van der Waals surface area (Å²) in [6.07, 6.45) is 6.91. The Bertz CT molecular complexity index is 735. The Kier molecular flexibility index (Phi) is 4.49. The first-order valence-electron chi connectivity index (χ1n) is 9.14. The second-order valence-electron chi connectivity index (χ2n) is 7.10. The molecule has 5 heteroatoms. The number of hydrogen-bond donors (Lipinski definition) is 1. The second-order valence-corrected chi connectivity index (χ2v) is 7.10. The van der Waals surface area contributed by atoms with Crippen LogP contribution in [0.3, 0.4) is 0 Å². The fraction of sp³-hybridized carbons (Fsp3) is 0.450. The molecule has 1 unspecified atom stereocenters. The Labute approximate surface area is 148 Å². The van der Waals surface area contributed by atoms with Gasteiger partial charge in [0.05, 0.1) is 11.8 Å². The van der Waals surface area contributed by atoms with E-state index in [9.17, 15) is 4.79 Å². The molecule has 132 valence electrons. The maximum absolute atomic E-state index is 12.2. The first kappa shape index (κ1) is 16.2. The molecule has 4 rings (SSSR count). The second kappa shape index (κ2) is 6.92. The number of carbonyl (C=O) groups excluding carboxylic acids is 1. The number of amides is 1. The molecular formula is C20H25N3O2. The van der Waals surface area contributed by atoms with Crippen LogP contribution in [0.25, 0.3) is 0 Å². The minimum absolute atomic E-state index is 0.139. The molecule has 2 aliphatic rings. The van der Waals surface area contributed by atoms with Crippen LogP contribution in [0.1, 0.15) is 35.2 Å². The highest BCUT2D eigenvalue weighted by Gasteiger charge is 2.29. The topological polar surface area (TPSA) is 48.7 Å². The summed E-state index contributed by atoms with van der Waals surface area (Å²) < 4.78 is 4.97. The van der Waals surface area contributed by atoms with Gasteiger partial charge in [0.15, 0.2) is 0 Å². The van der Waals surface area contributed by atoms with E-state index in [0.717, 1.165) is 24.3 Å². The average Bonchev–Trinajstić information content (AvgIpc) is 3.37. The minimum atomic E-state index is -0.139. The van der Waals surface area contributed by atoms with Gasteiger partial charge in [-0.05, 0) is 69.1 Å². The lowest BCUT2D eigenvalue weighted by molar-refractivity contribution is 0.102. The zero-order chi connectivity index (χ0) is 17.2. The van der Waals surface area contributed by atoms with E-state index in [1.807, 2.05) is 13.0 Å². The fourth-order valence-electron chi connectivity index (χ4n) is 3.95. The van der Waals surface area contributed by atoms with Crippen LogP contribution in [-0.2, 0) is 0 Å². The molecule has 5 nitrogen and oxygen atoms in total. The van der Waals surface area contributed by atoms with Crippen LogP contribution in [0.2, 0.25) is 0 Å². The SMILES string of the molecule is Cc1cc(N2CCC(N3CCCC3)C2)ccc1NC(=O)c1ccoc1. The predicted molar refractivity (Wildman–Crippen MR) is 99.3 cm³/mol. The van der Waals surface area contributed by atoms with Crippen LogP contribution < -0.4 is 10.2 Å². The summed E-state index contributed by atoms with van der Waals surface area (Å²) in [5.74, 6) is -0.139. The van der Waals surface area contributed by atoms with E-state index >= 15 is 0 Å². The number of rotatable bonds is 4. The first-order chi connectivity index (χ1) is 12.2. The van der Waals surface area contributed by atoms with E-state index in [1.54, 1.807) is 6.07 Å². The van der Waals surface area contributed by atoms with Gasteiger partial charge >= 0.3 is 0 Å². The molecule has 3 heterocycles. The maximum Gasteiger partial charge on any atom is 0.258 e. The van der Waals surface area contributed by atoms with E-state index in [1.165, 1.54) is 50.6 Å². The van der Waals surface area contributed by atoms with Gasteiger partial charge in [-0.3, -0.25) is 9.69 Å². The van der Waals surface area contributed by atoms with Crippen molar-refractivity contribution in [2.75, 3.05) is 36.4 Å². The summed E-state index contributed by atoms with van der Waals surface area (Å²) >= 11 is 0. The van der Waals surface area contributed by atoms with Crippen molar-refractivity contribution in [3.63, 3.8) is 0 Å². The summed E-state index contributed by atoms with van der Waals surface area (Å²) in [7, 11) is 0. The first-order valence-corrected chi connectivity index (χ1v) is 9.14. The summed E-state index contributed by atoms with van der Waals surface area (Å²) in [6, 6.07) is 8.67. The third-order valence-corrected chi connectivity index (χ3v) is 5.43. The molecule has 1 amide bonds. The molecular weight excluding hydrogens is 314 g/mol. The van der Waals surface area contributed by atoms with Crippen LogP contribution in [0.4, 0.5) is 11.4 Å². The number of carbonyl (C=O) groups is 1. The molecule has 0 radical (unpaired) electrons. The van der Waals surface area contributed by atoms with Gasteiger partial charge in [-0.15, -0.1) is 0 Å². The van der Waals surface area contributed by atoms with Gasteiger partial charge < -0.3 is 14.6 Å². The molecule has 1 N–H and O–H groups in total. The third-order valence-electron chi connectivity index (χ3n) is 5.43. The Morgan fingerprint density at radius 3 is 2.76 bits per heavy atom. The summed E-state index contributed by atoms with van der Waals surface area (Å²) in [4.78, 5) is 17.3. The van der Waals surface area contributed by atoms with E-state index in [4.69, 9.17) is 4.42 Å². The fourth-order valence-corrected chi connectivity index (χ4v) is 3.95. The number of hydrogen-bond acceptors (Lipinski definition) is 4. The van der Waals surface area contributed by atoms with Crippen molar-refractivity contribution in [2.24, 2.45) is 0 Å². The molecule has 25 heavy (non-hydrogen) atoms. The molecule has 2 aromatic rings. The van der Waals surface area contributed by atoms with Gasteiger partial charge in [0.1, 0.15) is 6.26 Å². The summed E-state index contributed by atoms with van der Waals surface area (Å²) in [5, 5.41) is 2.96. The van der Waals surface area contributed by atoms with Gasteiger partial charge in [-0.25, -0.2) is 0 Å². The Balaban J connectivity index is 1.42. The van der Waals surface area contributed by atoms with E-state index in [-0.39, 0.29) is 5.91 Å². The normalized spacial score (nSPS) is 21.0. The summed E-state index contributed by atoms with van der Waals surface area (Å²) in [6.45, 7) is 6.79. The zero-order valence-electron chi connectivity index (χ0n) is 14.7. The molecule has 1 atom stereocenters. The molecule has 0 bridgehead atoms. The predicted octanol–water partition coefficient (Wildman–Crippen LogP) is 3.51. The number of nitrogens with zero attached hydrogens (tertiary/aromatic N) is 2. The van der Waals surface area contributed by atoms with Gasteiger partial charge in [0, 0.05) is 30.5 Å². The molecule has 2 aliphatic heterocycles. The van der Waals surface area contributed by atoms with Crippen LogP contribution in [0.5, 0.6) is 0 Å². The van der Waals surface area contributed by atoms with Crippen LogP contribution in [0.15, 0.2) is 41.2 Å². The van der Waals surface area contributed by atoms with Crippen molar-refractivity contribution in [3.05, 3.63) is 47.9 Å². The largest absolute Gasteiger partial charge is 0.472 e.